The lowest BCUT2D eigenvalue weighted by Gasteiger charge is -2.18. The first kappa shape index (κ1) is 12.2. The molecule has 0 spiro atoms. The zero-order chi connectivity index (χ0) is 13.3. The fourth-order valence-corrected chi connectivity index (χ4v) is 1.60. The second kappa shape index (κ2) is 4.20. The third-order valence-electron chi connectivity index (χ3n) is 2.44. The van der Waals surface area contributed by atoms with Crippen LogP contribution in [0.1, 0.15) is 19.4 Å². The molecule has 3 N–H and O–H groups in total. The standard InChI is InChI=1S/C12H14N4O2/c1-12(2,18)7-14-9-3-10(17)11-8(4-13)5-15-16(11)6-9/h3,5-6,14,17-18H,7H2,1-2H3. The number of hydrogen-bond donors (Lipinski definition) is 3. The lowest BCUT2D eigenvalue weighted by molar-refractivity contribution is 0.0945. The minimum Gasteiger partial charge on any atom is -0.506 e. The second-order valence-corrected chi connectivity index (χ2v) is 4.74. The Hall–Kier alpha value is -2.26. The fourth-order valence-electron chi connectivity index (χ4n) is 1.60. The number of hydrogen-bond acceptors (Lipinski definition) is 5. The molecule has 6 nitrogen and oxygen atoms in total. The molecular weight excluding hydrogens is 232 g/mol. The van der Waals surface area contributed by atoms with Gasteiger partial charge in [-0.05, 0) is 13.8 Å². The number of pyridine rings is 1. The highest BCUT2D eigenvalue weighted by atomic mass is 16.3. The van der Waals surface area contributed by atoms with Gasteiger partial charge in [0.15, 0.2) is 0 Å². The summed E-state index contributed by atoms with van der Waals surface area (Å²) in [7, 11) is 0. The highest BCUT2D eigenvalue weighted by Crippen LogP contribution is 2.25. The van der Waals surface area contributed by atoms with Gasteiger partial charge in [0.1, 0.15) is 22.9 Å². The fraction of sp³-hybridized carbons (Fsp3) is 0.333. The Bertz CT molecular complexity index is 619. The Morgan fingerprint density at radius 3 is 2.89 bits per heavy atom. The Morgan fingerprint density at radius 1 is 1.56 bits per heavy atom. The molecule has 0 radical (unpaired) electrons. The van der Waals surface area contributed by atoms with Gasteiger partial charge in [-0.3, -0.25) is 0 Å². The summed E-state index contributed by atoms with van der Waals surface area (Å²) in [6.45, 7) is 3.70. The van der Waals surface area contributed by atoms with E-state index in [9.17, 15) is 10.2 Å². The normalized spacial score (nSPS) is 11.4. The molecule has 2 aromatic heterocycles. The lowest BCUT2D eigenvalue weighted by Crippen LogP contribution is -2.29. The van der Waals surface area contributed by atoms with Gasteiger partial charge in [-0.1, -0.05) is 0 Å². The Kier molecular flexibility index (Phi) is 2.85. The second-order valence-electron chi connectivity index (χ2n) is 4.74. The van der Waals surface area contributed by atoms with E-state index in [-0.39, 0.29) is 5.75 Å². The van der Waals surface area contributed by atoms with Gasteiger partial charge in [0, 0.05) is 12.6 Å². The third kappa shape index (κ3) is 2.36. The number of nitriles is 1. The van der Waals surface area contributed by atoms with Crippen LogP contribution in [-0.2, 0) is 0 Å². The molecule has 2 heterocycles. The van der Waals surface area contributed by atoms with Crippen molar-refractivity contribution in [2.75, 3.05) is 11.9 Å². The molecule has 6 heteroatoms. The quantitative estimate of drug-likeness (QED) is 0.753. The summed E-state index contributed by atoms with van der Waals surface area (Å²) in [5, 5.41) is 35.3. The molecule has 2 aromatic rings. The SMILES string of the molecule is CC(C)(O)CNc1cc(O)c2c(C#N)cnn2c1. The zero-order valence-electron chi connectivity index (χ0n) is 10.2. The van der Waals surface area contributed by atoms with Crippen molar-refractivity contribution in [3.63, 3.8) is 0 Å². The van der Waals surface area contributed by atoms with Crippen molar-refractivity contribution < 1.29 is 10.2 Å². The molecule has 0 aliphatic rings. The van der Waals surface area contributed by atoms with Crippen molar-refractivity contribution in [3.8, 4) is 11.8 Å². The van der Waals surface area contributed by atoms with E-state index < -0.39 is 5.60 Å². The van der Waals surface area contributed by atoms with E-state index in [2.05, 4.69) is 10.4 Å². The molecule has 0 aliphatic carbocycles. The van der Waals surface area contributed by atoms with Gasteiger partial charge in [0.25, 0.3) is 0 Å². The van der Waals surface area contributed by atoms with Gasteiger partial charge in [-0.2, -0.15) is 10.4 Å². The van der Waals surface area contributed by atoms with Crippen molar-refractivity contribution >= 4 is 11.2 Å². The van der Waals surface area contributed by atoms with E-state index in [0.29, 0.717) is 23.3 Å². The highest BCUT2D eigenvalue weighted by Gasteiger charge is 2.14. The van der Waals surface area contributed by atoms with E-state index in [4.69, 9.17) is 5.26 Å². The van der Waals surface area contributed by atoms with Crippen molar-refractivity contribution in [2.45, 2.75) is 19.4 Å². The number of nitrogens with one attached hydrogen (secondary N) is 1. The van der Waals surface area contributed by atoms with Gasteiger partial charge in [0.05, 0.1) is 23.7 Å². The van der Waals surface area contributed by atoms with Crippen LogP contribution in [0.5, 0.6) is 5.75 Å². The van der Waals surface area contributed by atoms with E-state index in [0.717, 1.165) is 0 Å². The summed E-state index contributed by atoms with van der Waals surface area (Å²) in [5.74, 6) is -0.0233. The van der Waals surface area contributed by atoms with E-state index >= 15 is 0 Å². The largest absolute Gasteiger partial charge is 0.506 e. The molecule has 0 atom stereocenters. The average Bonchev–Trinajstić information content (AvgIpc) is 2.69. The van der Waals surface area contributed by atoms with Crippen molar-refractivity contribution in [1.82, 2.24) is 9.61 Å². The Balaban J connectivity index is 2.36. The number of nitrogens with zero attached hydrogens (tertiary/aromatic N) is 3. The first-order chi connectivity index (χ1) is 8.40. The highest BCUT2D eigenvalue weighted by molar-refractivity contribution is 5.71. The minimum atomic E-state index is -0.855. The molecule has 0 saturated carbocycles. The molecular formula is C12H14N4O2. The van der Waals surface area contributed by atoms with Crippen LogP contribution in [0.4, 0.5) is 5.69 Å². The summed E-state index contributed by atoms with van der Waals surface area (Å²) >= 11 is 0. The maximum atomic E-state index is 9.87. The van der Waals surface area contributed by atoms with Crippen LogP contribution in [0.15, 0.2) is 18.5 Å². The maximum Gasteiger partial charge on any atom is 0.144 e. The van der Waals surface area contributed by atoms with Gasteiger partial charge < -0.3 is 15.5 Å². The summed E-state index contributed by atoms with van der Waals surface area (Å²) in [5.41, 5.74) is 0.467. The molecule has 0 aliphatic heterocycles. The zero-order valence-corrected chi connectivity index (χ0v) is 10.2. The first-order valence-electron chi connectivity index (χ1n) is 5.47. The molecule has 0 unspecified atom stereocenters. The number of aliphatic hydroxyl groups is 1. The smallest absolute Gasteiger partial charge is 0.144 e. The topological polar surface area (TPSA) is 93.6 Å². The van der Waals surface area contributed by atoms with Crippen molar-refractivity contribution in [2.24, 2.45) is 0 Å². The van der Waals surface area contributed by atoms with E-state index in [1.54, 1.807) is 20.0 Å². The van der Waals surface area contributed by atoms with Crippen LogP contribution in [-0.4, -0.2) is 32.0 Å². The number of fused-ring (bicyclic) bond motifs is 1. The third-order valence-corrected chi connectivity index (χ3v) is 2.44. The van der Waals surface area contributed by atoms with E-state index in [1.807, 2.05) is 6.07 Å². The Morgan fingerprint density at radius 2 is 2.28 bits per heavy atom. The van der Waals surface area contributed by atoms with Crippen LogP contribution in [0.25, 0.3) is 5.52 Å². The number of aromatic hydroxyl groups is 1. The van der Waals surface area contributed by atoms with Crippen LogP contribution in [0.2, 0.25) is 0 Å². The predicted molar refractivity (Wildman–Crippen MR) is 66.4 cm³/mol. The molecule has 0 aromatic carbocycles. The summed E-state index contributed by atoms with van der Waals surface area (Å²) in [6, 6.07) is 3.47. The van der Waals surface area contributed by atoms with E-state index in [1.165, 1.54) is 16.8 Å². The predicted octanol–water partition coefficient (Wildman–Crippen LogP) is 1.09. The van der Waals surface area contributed by atoms with Gasteiger partial charge in [-0.15, -0.1) is 0 Å². The van der Waals surface area contributed by atoms with Crippen molar-refractivity contribution in [3.05, 3.63) is 24.0 Å². The average molecular weight is 246 g/mol. The maximum absolute atomic E-state index is 9.87. The number of aromatic nitrogens is 2. The number of rotatable bonds is 3. The van der Waals surface area contributed by atoms with Crippen LogP contribution >= 0.6 is 0 Å². The Labute approximate surface area is 104 Å². The minimum absolute atomic E-state index is 0.0233. The molecule has 94 valence electrons. The summed E-state index contributed by atoms with van der Waals surface area (Å²) < 4.78 is 1.43. The monoisotopic (exact) mass is 246 g/mol. The molecule has 0 saturated heterocycles. The van der Waals surface area contributed by atoms with Crippen LogP contribution < -0.4 is 5.32 Å². The molecule has 0 bridgehead atoms. The van der Waals surface area contributed by atoms with Crippen molar-refractivity contribution in [1.29, 1.82) is 5.26 Å². The number of anilines is 1. The lowest BCUT2D eigenvalue weighted by atomic mass is 10.1. The first-order valence-corrected chi connectivity index (χ1v) is 5.47. The summed E-state index contributed by atoms with van der Waals surface area (Å²) in [6.07, 6.45) is 3.05. The molecule has 18 heavy (non-hydrogen) atoms. The van der Waals surface area contributed by atoms with Crippen LogP contribution in [0, 0.1) is 11.3 Å². The summed E-state index contributed by atoms with van der Waals surface area (Å²) in [4.78, 5) is 0. The van der Waals surface area contributed by atoms with Gasteiger partial charge >= 0.3 is 0 Å². The molecule has 0 fully saturated rings. The van der Waals surface area contributed by atoms with Gasteiger partial charge in [-0.25, -0.2) is 4.52 Å². The molecule has 2 rings (SSSR count). The van der Waals surface area contributed by atoms with Crippen LogP contribution in [0.3, 0.4) is 0 Å². The van der Waals surface area contributed by atoms with Gasteiger partial charge in [0.2, 0.25) is 0 Å². The molecule has 0 amide bonds.